The number of carbonyl (C=O) groups excluding carboxylic acids is 1. The monoisotopic (exact) mass is 244 g/mol. The summed E-state index contributed by atoms with van der Waals surface area (Å²) in [5, 5.41) is 9.98. The van der Waals surface area contributed by atoms with Crippen LogP contribution in [0.2, 0.25) is 0 Å². The van der Waals surface area contributed by atoms with Gasteiger partial charge in [0.2, 0.25) is 0 Å². The molecule has 1 aliphatic rings. The average Bonchev–Trinajstić information content (AvgIpc) is 2.63. The Labute approximate surface area is 105 Å². The molecule has 2 heterocycles. The normalized spacial score (nSPS) is 16.0. The summed E-state index contributed by atoms with van der Waals surface area (Å²) in [5.74, 6) is 0.314. The third-order valence-corrected chi connectivity index (χ3v) is 3.61. The van der Waals surface area contributed by atoms with Crippen LogP contribution in [0.25, 0.3) is 10.9 Å². The van der Waals surface area contributed by atoms with Crippen molar-refractivity contribution in [2.24, 2.45) is 5.92 Å². The highest BCUT2D eigenvalue weighted by atomic mass is 16.3. The number of aromatic amines is 1. The van der Waals surface area contributed by atoms with Gasteiger partial charge in [-0.05, 0) is 13.0 Å². The Bertz CT molecular complexity index is 597. The lowest BCUT2D eigenvalue weighted by atomic mass is 9.99. The van der Waals surface area contributed by atoms with Crippen molar-refractivity contribution in [2.75, 3.05) is 19.7 Å². The van der Waals surface area contributed by atoms with Crippen molar-refractivity contribution in [3.8, 4) is 0 Å². The molecule has 18 heavy (non-hydrogen) atoms. The van der Waals surface area contributed by atoms with Gasteiger partial charge in [-0.15, -0.1) is 0 Å². The van der Waals surface area contributed by atoms with Crippen LogP contribution in [0.1, 0.15) is 16.1 Å². The molecule has 0 radical (unpaired) electrons. The maximum Gasteiger partial charge on any atom is 0.256 e. The van der Waals surface area contributed by atoms with Gasteiger partial charge in [0.25, 0.3) is 5.91 Å². The molecular weight excluding hydrogens is 228 g/mol. The molecule has 1 aromatic carbocycles. The van der Waals surface area contributed by atoms with Gasteiger partial charge in [0.1, 0.15) is 0 Å². The van der Waals surface area contributed by atoms with Gasteiger partial charge in [0.05, 0.1) is 5.56 Å². The number of likely N-dealkylation sites (tertiary alicyclic amines) is 1. The van der Waals surface area contributed by atoms with Crippen LogP contribution in [0.4, 0.5) is 0 Å². The fourth-order valence-corrected chi connectivity index (χ4v) is 2.56. The van der Waals surface area contributed by atoms with Crippen LogP contribution in [0, 0.1) is 12.8 Å². The largest absolute Gasteiger partial charge is 0.396 e. The van der Waals surface area contributed by atoms with E-state index in [0.29, 0.717) is 13.1 Å². The molecular formula is C14H16N2O2. The predicted octanol–water partition coefficient (Wildman–Crippen LogP) is 1.54. The van der Waals surface area contributed by atoms with Gasteiger partial charge < -0.3 is 15.0 Å². The Hall–Kier alpha value is -1.81. The number of benzene rings is 1. The molecule has 1 amide bonds. The first-order valence-corrected chi connectivity index (χ1v) is 6.18. The van der Waals surface area contributed by atoms with Crippen molar-refractivity contribution in [2.45, 2.75) is 6.92 Å². The SMILES string of the molecule is Cc1[nH]c2ccccc2c1C(=O)N1CC(CO)C1. The summed E-state index contributed by atoms with van der Waals surface area (Å²) >= 11 is 0. The number of amides is 1. The van der Waals surface area contributed by atoms with Crippen LogP contribution in [0.3, 0.4) is 0 Å². The number of aliphatic hydroxyl groups is 1. The van der Waals surface area contributed by atoms with Gasteiger partial charge in [-0.2, -0.15) is 0 Å². The summed E-state index contributed by atoms with van der Waals surface area (Å²) in [6.45, 7) is 3.41. The number of aromatic nitrogens is 1. The minimum absolute atomic E-state index is 0.0645. The van der Waals surface area contributed by atoms with E-state index in [1.54, 1.807) is 4.90 Å². The summed E-state index contributed by atoms with van der Waals surface area (Å²) < 4.78 is 0. The highest BCUT2D eigenvalue weighted by Gasteiger charge is 2.32. The molecule has 4 nitrogen and oxygen atoms in total. The van der Waals surface area contributed by atoms with Gasteiger partial charge in [-0.1, -0.05) is 18.2 Å². The van der Waals surface area contributed by atoms with Crippen LogP contribution in [0.5, 0.6) is 0 Å². The maximum absolute atomic E-state index is 12.4. The van der Waals surface area contributed by atoms with Crippen molar-refractivity contribution in [1.29, 1.82) is 0 Å². The van der Waals surface area contributed by atoms with E-state index in [1.807, 2.05) is 31.2 Å². The number of aliphatic hydroxyl groups excluding tert-OH is 1. The average molecular weight is 244 g/mol. The van der Waals surface area contributed by atoms with E-state index in [0.717, 1.165) is 22.2 Å². The van der Waals surface area contributed by atoms with Crippen molar-refractivity contribution in [3.05, 3.63) is 35.5 Å². The van der Waals surface area contributed by atoms with Crippen LogP contribution < -0.4 is 0 Å². The molecule has 0 aliphatic carbocycles. The van der Waals surface area contributed by atoms with Crippen molar-refractivity contribution >= 4 is 16.8 Å². The number of H-pyrrole nitrogens is 1. The molecule has 0 bridgehead atoms. The van der Waals surface area contributed by atoms with Gasteiger partial charge in [-0.25, -0.2) is 0 Å². The van der Waals surface area contributed by atoms with Crippen LogP contribution in [-0.4, -0.2) is 40.6 Å². The summed E-state index contributed by atoms with van der Waals surface area (Å²) in [7, 11) is 0. The third-order valence-electron chi connectivity index (χ3n) is 3.61. The predicted molar refractivity (Wildman–Crippen MR) is 69.5 cm³/mol. The quantitative estimate of drug-likeness (QED) is 0.842. The molecule has 2 N–H and O–H groups in total. The van der Waals surface area contributed by atoms with Crippen LogP contribution >= 0.6 is 0 Å². The van der Waals surface area contributed by atoms with Gasteiger partial charge in [0.15, 0.2) is 0 Å². The number of para-hydroxylation sites is 1. The maximum atomic E-state index is 12.4. The van der Waals surface area contributed by atoms with Crippen molar-refractivity contribution in [1.82, 2.24) is 9.88 Å². The Kier molecular flexibility index (Phi) is 2.59. The van der Waals surface area contributed by atoms with Gasteiger partial charge in [-0.3, -0.25) is 4.79 Å². The van der Waals surface area contributed by atoms with E-state index < -0.39 is 0 Å². The molecule has 3 rings (SSSR count). The lowest BCUT2D eigenvalue weighted by Gasteiger charge is -2.38. The lowest BCUT2D eigenvalue weighted by molar-refractivity contribution is 0.0363. The summed E-state index contributed by atoms with van der Waals surface area (Å²) in [5.41, 5.74) is 2.67. The molecule has 0 spiro atoms. The van der Waals surface area contributed by atoms with Crippen LogP contribution in [0.15, 0.2) is 24.3 Å². The van der Waals surface area contributed by atoms with E-state index in [9.17, 15) is 4.79 Å². The first-order valence-electron chi connectivity index (χ1n) is 6.18. The molecule has 4 heteroatoms. The van der Waals surface area contributed by atoms with Crippen molar-refractivity contribution in [3.63, 3.8) is 0 Å². The Morgan fingerprint density at radius 1 is 1.44 bits per heavy atom. The van der Waals surface area contributed by atoms with Crippen LogP contribution in [-0.2, 0) is 0 Å². The second kappa shape index (κ2) is 4.14. The topological polar surface area (TPSA) is 56.3 Å². The number of nitrogens with zero attached hydrogens (tertiary/aromatic N) is 1. The minimum atomic E-state index is 0.0645. The second-order valence-corrected chi connectivity index (χ2v) is 4.93. The molecule has 1 fully saturated rings. The second-order valence-electron chi connectivity index (χ2n) is 4.93. The molecule has 94 valence electrons. The first kappa shape index (κ1) is 11.3. The van der Waals surface area contributed by atoms with E-state index >= 15 is 0 Å². The van der Waals surface area contributed by atoms with E-state index in [4.69, 9.17) is 5.11 Å². The molecule has 0 atom stereocenters. The molecule has 0 unspecified atom stereocenters. The lowest BCUT2D eigenvalue weighted by Crippen LogP contribution is -2.51. The Balaban J connectivity index is 1.94. The van der Waals surface area contributed by atoms with Gasteiger partial charge in [0, 0.05) is 42.2 Å². The number of hydrogen-bond acceptors (Lipinski definition) is 2. The zero-order valence-electron chi connectivity index (χ0n) is 10.3. The minimum Gasteiger partial charge on any atom is -0.396 e. The molecule has 2 aromatic rings. The zero-order chi connectivity index (χ0) is 12.7. The summed E-state index contributed by atoms with van der Waals surface area (Å²) in [6.07, 6.45) is 0. The first-order chi connectivity index (χ1) is 8.70. The Morgan fingerprint density at radius 3 is 2.89 bits per heavy atom. The highest BCUT2D eigenvalue weighted by molar-refractivity contribution is 6.08. The molecule has 1 saturated heterocycles. The Morgan fingerprint density at radius 2 is 2.17 bits per heavy atom. The fraction of sp³-hybridized carbons (Fsp3) is 0.357. The molecule has 1 aliphatic heterocycles. The molecule has 1 aromatic heterocycles. The zero-order valence-corrected chi connectivity index (χ0v) is 10.3. The van der Waals surface area contributed by atoms with E-state index in [1.165, 1.54) is 0 Å². The van der Waals surface area contributed by atoms with E-state index in [2.05, 4.69) is 4.98 Å². The summed E-state index contributed by atoms with van der Waals surface area (Å²) in [4.78, 5) is 17.4. The van der Waals surface area contributed by atoms with Crippen molar-refractivity contribution < 1.29 is 9.90 Å². The summed E-state index contributed by atoms with van der Waals surface area (Å²) in [6, 6.07) is 7.85. The fourth-order valence-electron chi connectivity index (χ4n) is 2.56. The number of rotatable bonds is 2. The van der Waals surface area contributed by atoms with E-state index in [-0.39, 0.29) is 18.4 Å². The standard InChI is InChI=1S/C14H16N2O2/c1-9-13(11-4-2-3-5-12(11)15-9)14(18)16-6-10(7-16)8-17/h2-5,10,15,17H,6-8H2,1H3. The molecule has 0 saturated carbocycles. The number of carbonyl (C=O) groups is 1. The number of hydrogen-bond donors (Lipinski definition) is 2. The number of aryl methyl sites for hydroxylation is 1. The smallest absolute Gasteiger partial charge is 0.256 e. The number of nitrogens with one attached hydrogen (secondary N) is 1. The third kappa shape index (κ3) is 1.61. The van der Waals surface area contributed by atoms with Gasteiger partial charge >= 0.3 is 0 Å². The highest BCUT2D eigenvalue weighted by Crippen LogP contribution is 2.26. The number of fused-ring (bicyclic) bond motifs is 1.